The molecule has 8 rings (SSSR count). The average Bonchev–Trinajstić information content (AvgIpc) is 3.93. The fourth-order valence-electron chi connectivity index (χ4n) is 12.5. The van der Waals surface area contributed by atoms with Crippen molar-refractivity contribution in [1.82, 2.24) is 0 Å². The molecule has 64 heavy (non-hydrogen) atoms. The van der Waals surface area contributed by atoms with Crippen LogP contribution in [-0.2, 0) is 51.5 Å². The third-order valence-electron chi connectivity index (χ3n) is 17.0. The number of carbonyl (C=O) groups excluding carboxylic acids is 1. The van der Waals surface area contributed by atoms with E-state index in [1.807, 2.05) is 0 Å². The van der Waals surface area contributed by atoms with E-state index in [0.717, 1.165) is 87.3 Å². The fourth-order valence-corrected chi connectivity index (χ4v) is 16.1. The summed E-state index contributed by atoms with van der Waals surface area (Å²) in [7, 11) is -3.29. The first-order valence-electron chi connectivity index (χ1n) is 25.3. The van der Waals surface area contributed by atoms with Gasteiger partial charge in [0.2, 0.25) is 7.37 Å². The highest BCUT2D eigenvalue weighted by atomic mass is 31.2. The molecule has 0 aliphatic carbocycles. The molecule has 0 radical (unpaired) electrons. The van der Waals surface area contributed by atoms with Crippen molar-refractivity contribution in [2.24, 2.45) is 29.6 Å². The van der Waals surface area contributed by atoms with E-state index in [1.165, 1.54) is 7.11 Å². The Morgan fingerprint density at radius 2 is 1.58 bits per heavy atom. The standard InChI is InChI=1S/C50H85O12PSi/c1-12-64(13-2,14-3)55-28-30(4)22-42-34(8)39(25-36(52)29-63(11,53)54-10)44(58-42)26-43-33(7)31(5)23-37(57-43)17-18-40-32(6)24-38(56-40)19-20-50-27-45-47(62-50)49-48(60-45)46(61-50)35(9)41(59-49)16-15-21-51/h30-31,34-35,37-49,51H,6-7,12-29H2,1-5,8-11H3/t30-,31+,34+,35?,37?,38?,39+,40-,41-,42+,43+,44?,45+,46-,47-,48-,49-,50+,63?/m0/s1. The van der Waals surface area contributed by atoms with Crippen molar-refractivity contribution < 1.29 is 56.6 Å². The molecule has 0 spiro atoms. The Bertz CT molecular complexity index is 1650. The van der Waals surface area contributed by atoms with E-state index in [0.29, 0.717) is 31.6 Å². The van der Waals surface area contributed by atoms with Gasteiger partial charge in [0.25, 0.3) is 0 Å². The Kier molecular flexibility index (Phi) is 17.1. The van der Waals surface area contributed by atoms with Crippen LogP contribution in [0.1, 0.15) is 126 Å². The molecular formula is C50H85O12PSi. The van der Waals surface area contributed by atoms with Gasteiger partial charge in [0.05, 0.1) is 61.1 Å². The molecule has 19 atom stereocenters. The first-order valence-corrected chi connectivity index (χ1v) is 30.1. The zero-order chi connectivity index (χ0) is 46.1. The third kappa shape index (κ3) is 11.3. The zero-order valence-corrected chi connectivity index (χ0v) is 42.7. The monoisotopic (exact) mass is 937 g/mol. The van der Waals surface area contributed by atoms with Gasteiger partial charge in [-0.05, 0) is 104 Å². The average molecular weight is 937 g/mol. The predicted molar refractivity (Wildman–Crippen MR) is 250 cm³/mol. The lowest BCUT2D eigenvalue weighted by Gasteiger charge is -2.42. The summed E-state index contributed by atoms with van der Waals surface area (Å²) in [5.74, 6) is 0.136. The number of ketones is 1. The number of aliphatic hydroxyl groups excluding tert-OH is 1. The molecule has 8 heterocycles. The van der Waals surface area contributed by atoms with E-state index in [9.17, 15) is 14.5 Å². The first kappa shape index (κ1) is 51.1. The summed E-state index contributed by atoms with van der Waals surface area (Å²) in [4.78, 5) is 13.5. The quantitative estimate of drug-likeness (QED) is 0.0561. The van der Waals surface area contributed by atoms with Crippen molar-refractivity contribution in [3.63, 3.8) is 0 Å². The summed E-state index contributed by atoms with van der Waals surface area (Å²) >= 11 is 0. The molecule has 12 nitrogen and oxygen atoms in total. The van der Waals surface area contributed by atoms with Crippen LogP contribution in [0.5, 0.6) is 0 Å². The van der Waals surface area contributed by atoms with E-state index in [4.69, 9.17) is 42.1 Å². The molecule has 366 valence electrons. The Labute approximate surface area is 386 Å². The van der Waals surface area contributed by atoms with Crippen LogP contribution in [0, 0.1) is 29.6 Å². The molecule has 8 aliphatic heterocycles. The number of rotatable bonds is 24. The smallest absolute Gasteiger partial charge is 0.207 e. The lowest BCUT2D eigenvalue weighted by molar-refractivity contribution is -0.263. The van der Waals surface area contributed by atoms with Gasteiger partial charge in [0, 0.05) is 58.6 Å². The molecule has 8 saturated heterocycles. The Hall–Kier alpha value is -0.803. The second kappa shape index (κ2) is 21.5. The van der Waals surface area contributed by atoms with Crippen LogP contribution in [0.2, 0.25) is 18.1 Å². The maximum absolute atomic E-state index is 13.5. The van der Waals surface area contributed by atoms with Gasteiger partial charge in [-0.15, -0.1) is 0 Å². The van der Waals surface area contributed by atoms with Crippen molar-refractivity contribution in [3.8, 4) is 0 Å². The van der Waals surface area contributed by atoms with Gasteiger partial charge in [0.1, 0.15) is 24.1 Å². The molecular weight excluding hydrogens is 852 g/mol. The van der Waals surface area contributed by atoms with Crippen molar-refractivity contribution in [1.29, 1.82) is 0 Å². The summed E-state index contributed by atoms with van der Waals surface area (Å²) in [5, 5.41) is 9.49. The van der Waals surface area contributed by atoms with E-state index in [2.05, 4.69) is 61.6 Å². The number of carbonyl (C=O) groups is 1. The SMILES string of the molecule is C=C1CC(CC[C@@]23C[C@H]4O[C@@H]5[C@@H](O[C@@H](CCCO)C(C)[C@@H]5O2)[C@H]4O3)O[C@H]1CCC1C[C@@H](C)C(=C)[C@@H](CC2O[C@H](C[C@H](C)CO[Si](CC)(CC)CC)[C@H](C)[C@H]2CC(=O)CP(C)(=O)OC)O1. The molecule has 0 aromatic carbocycles. The molecule has 8 fully saturated rings. The molecule has 0 amide bonds. The molecule has 0 aromatic rings. The van der Waals surface area contributed by atoms with E-state index in [-0.39, 0.29) is 115 Å². The number of hydrogen-bond donors (Lipinski definition) is 1. The second-order valence-electron chi connectivity index (χ2n) is 21.4. The van der Waals surface area contributed by atoms with Crippen molar-refractivity contribution >= 4 is 21.5 Å². The minimum absolute atomic E-state index is 0.0111. The number of Topliss-reactive ketones (excluding diaryl/α,β-unsaturated/α-hetero) is 1. The normalized spacial score (nSPS) is 42.0. The molecule has 8 aliphatic rings. The minimum atomic E-state index is -3.00. The van der Waals surface area contributed by atoms with Gasteiger partial charge in [-0.25, -0.2) is 0 Å². The van der Waals surface area contributed by atoms with Crippen LogP contribution >= 0.6 is 7.37 Å². The molecule has 0 aromatic heterocycles. The highest BCUT2D eigenvalue weighted by Crippen LogP contribution is 2.54. The van der Waals surface area contributed by atoms with E-state index in [1.54, 1.807) is 6.66 Å². The Morgan fingerprint density at radius 3 is 2.28 bits per heavy atom. The summed E-state index contributed by atoms with van der Waals surface area (Å²) in [6.45, 7) is 27.2. The van der Waals surface area contributed by atoms with Gasteiger partial charge in [-0.3, -0.25) is 9.36 Å². The number of hydrogen-bond acceptors (Lipinski definition) is 12. The number of ether oxygens (including phenoxy) is 7. The molecule has 0 saturated carbocycles. The molecule has 14 heteroatoms. The third-order valence-corrected chi connectivity index (χ3v) is 23.3. The summed E-state index contributed by atoms with van der Waals surface area (Å²) < 4.78 is 72.2. The fraction of sp³-hybridized carbons (Fsp3) is 0.900. The minimum Gasteiger partial charge on any atom is -0.417 e. The first-order chi connectivity index (χ1) is 30.5. The van der Waals surface area contributed by atoms with E-state index >= 15 is 0 Å². The Morgan fingerprint density at radius 1 is 0.875 bits per heavy atom. The van der Waals surface area contributed by atoms with Gasteiger partial charge in [-0.1, -0.05) is 61.6 Å². The molecule has 5 unspecified atom stereocenters. The Balaban J connectivity index is 0.933. The highest BCUT2D eigenvalue weighted by Gasteiger charge is 2.67. The lowest BCUT2D eigenvalue weighted by atomic mass is 9.79. The van der Waals surface area contributed by atoms with Gasteiger partial charge in [-0.2, -0.15) is 0 Å². The summed E-state index contributed by atoms with van der Waals surface area (Å²) in [5.41, 5.74) is 2.23. The summed E-state index contributed by atoms with van der Waals surface area (Å²) in [6, 6.07) is 3.38. The van der Waals surface area contributed by atoms with Crippen molar-refractivity contribution in [3.05, 3.63) is 24.3 Å². The van der Waals surface area contributed by atoms with E-state index < -0.39 is 21.5 Å². The second-order valence-corrected chi connectivity index (χ2v) is 28.9. The summed E-state index contributed by atoms with van der Waals surface area (Å²) in [6.07, 6.45) is 8.15. The lowest BCUT2D eigenvalue weighted by Crippen LogP contribution is -2.54. The van der Waals surface area contributed by atoms with Crippen LogP contribution in [-0.4, -0.2) is 131 Å². The van der Waals surface area contributed by atoms with Gasteiger partial charge in [0.15, 0.2) is 14.1 Å². The maximum atomic E-state index is 13.5. The number of aliphatic hydroxyl groups is 1. The van der Waals surface area contributed by atoms with Crippen molar-refractivity contribution in [2.75, 3.05) is 33.2 Å². The van der Waals surface area contributed by atoms with Crippen molar-refractivity contribution in [2.45, 2.75) is 223 Å². The predicted octanol–water partition coefficient (Wildman–Crippen LogP) is 9.41. The largest absolute Gasteiger partial charge is 0.417 e. The molecule has 1 N–H and O–H groups in total. The van der Waals surface area contributed by atoms with Gasteiger partial charge >= 0.3 is 0 Å². The van der Waals surface area contributed by atoms with Crippen LogP contribution in [0.15, 0.2) is 24.3 Å². The molecule has 6 bridgehead atoms. The maximum Gasteiger partial charge on any atom is 0.207 e. The van der Waals surface area contributed by atoms with Crippen LogP contribution in [0.4, 0.5) is 0 Å². The van der Waals surface area contributed by atoms with Crippen LogP contribution < -0.4 is 0 Å². The zero-order valence-electron chi connectivity index (χ0n) is 40.8. The topological polar surface area (TPSA) is 137 Å². The van der Waals surface area contributed by atoms with Gasteiger partial charge < -0.3 is 47.2 Å². The van der Waals surface area contributed by atoms with Crippen LogP contribution in [0.25, 0.3) is 0 Å². The highest BCUT2D eigenvalue weighted by molar-refractivity contribution is 7.59. The van der Waals surface area contributed by atoms with Crippen LogP contribution in [0.3, 0.4) is 0 Å².